The van der Waals surface area contributed by atoms with Crippen LogP contribution in [0.2, 0.25) is 0 Å². The topological polar surface area (TPSA) is 55.2 Å². The Morgan fingerprint density at radius 3 is 2.48 bits per heavy atom. The fourth-order valence-electron chi connectivity index (χ4n) is 2.74. The van der Waals surface area contributed by atoms with E-state index in [1.165, 1.54) is 12.1 Å². The molecular formula is C15H20F2N2O2. The predicted molar refractivity (Wildman–Crippen MR) is 77.7 cm³/mol. The van der Waals surface area contributed by atoms with Gasteiger partial charge in [-0.15, -0.1) is 0 Å². The van der Waals surface area contributed by atoms with E-state index < -0.39 is 11.3 Å². The van der Waals surface area contributed by atoms with Crippen molar-refractivity contribution in [3.8, 4) is 0 Å². The Morgan fingerprint density at radius 1 is 1.33 bits per heavy atom. The molecule has 0 unspecified atom stereocenters. The quantitative estimate of drug-likeness (QED) is 0.634. The van der Waals surface area contributed by atoms with Crippen molar-refractivity contribution >= 4 is 11.4 Å². The van der Waals surface area contributed by atoms with E-state index >= 15 is 0 Å². The molecule has 0 aliphatic heterocycles. The summed E-state index contributed by atoms with van der Waals surface area (Å²) in [5, 5.41) is 13.8. The molecule has 1 N–H and O–H groups in total. The zero-order valence-electron chi connectivity index (χ0n) is 12.2. The molecule has 0 spiro atoms. The third-order valence-corrected chi connectivity index (χ3v) is 4.18. The fraction of sp³-hybridized carbons (Fsp3) is 0.600. The van der Waals surface area contributed by atoms with Gasteiger partial charge >= 0.3 is 0 Å². The largest absolute Gasteiger partial charge is 0.382 e. The molecule has 1 aliphatic rings. The maximum Gasteiger partial charge on any atom is 0.270 e. The molecule has 0 aromatic heterocycles. The van der Waals surface area contributed by atoms with Crippen molar-refractivity contribution in [1.82, 2.24) is 0 Å². The van der Waals surface area contributed by atoms with Crippen LogP contribution in [0.5, 0.6) is 0 Å². The highest BCUT2D eigenvalue weighted by molar-refractivity contribution is 5.57. The zero-order valence-corrected chi connectivity index (χ0v) is 12.2. The van der Waals surface area contributed by atoms with Gasteiger partial charge in [0.25, 0.3) is 12.1 Å². The molecule has 0 amide bonds. The van der Waals surface area contributed by atoms with Gasteiger partial charge in [0.2, 0.25) is 0 Å². The summed E-state index contributed by atoms with van der Waals surface area (Å²) in [5.41, 5.74) is 0.00843. The van der Waals surface area contributed by atoms with Crippen LogP contribution in [0.3, 0.4) is 0 Å². The van der Waals surface area contributed by atoms with Crippen LogP contribution in [-0.4, -0.2) is 11.0 Å². The first-order valence-electron chi connectivity index (χ1n) is 7.11. The van der Waals surface area contributed by atoms with Crippen molar-refractivity contribution in [2.75, 3.05) is 5.32 Å². The molecule has 1 aromatic carbocycles. The Bertz CT molecular complexity index is 522. The Balaban J connectivity index is 2.14. The normalized spacial score (nSPS) is 18.7. The summed E-state index contributed by atoms with van der Waals surface area (Å²) in [5.74, 6) is 0. The molecule has 0 bridgehead atoms. The second-order valence-electron chi connectivity index (χ2n) is 6.41. The Labute approximate surface area is 122 Å². The minimum atomic E-state index is -2.73. The van der Waals surface area contributed by atoms with Crippen molar-refractivity contribution in [1.29, 1.82) is 0 Å². The number of nitro groups is 1. The fourth-order valence-corrected chi connectivity index (χ4v) is 2.74. The SMILES string of the molecule is CC1(C)CCC(Nc2ccc([N+](=O)[O-])cc2C(F)F)CC1. The van der Waals surface area contributed by atoms with Crippen LogP contribution in [0.4, 0.5) is 20.2 Å². The van der Waals surface area contributed by atoms with Crippen molar-refractivity contribution < 1.29 is 13.7 Å². The average Bonchev–Trinajstić information content (AvgIpc) is 2.41. The number of nitrogens with zero attached hydrogens (tertiary/aromatic N) is 1. The number of hydrogen-bond acceptors (Lipinski definition) is 3. The van der Waals surface area contributed by atoms with Gasteiger partial charge in [0.15, 0.2) is 0 Å². The number of non-ortho nitro benzene ring substituents is 1. The molecule has 0 heterocycles. The Kier molecular flexibility index (Phi) is 4.44. The lowest BCUT2D eigenvalue weighted by Crippen LogP contribution is -2.30. The number of nitrogens with one attached hydrogen (secondary N) is 1. The zero-order chi connectivity index (χ0) is 15.6. The second-order valence-corrected chi connectivity index (χ2v) is 6.41. The molecule has 1 aromatic rings. The second kappa shape index (κ2) is 5.95. The van der Waals surface area contributed by atoms with E-state index in [9.17, 15) is 18.9 Å². The van der Waals surface area contributed by atoms with Crippen molar-refractivity contribution in [2.24, 2.45) is 5.41 Å². The maximum absolute atomic E-state index is 13.1. The minimum absolute atomic E-state index is 0.150. The molecule has 21 heavy (non-hydrogen) atoms. The first-order valence-corrected chi connectivity index (χ1v) is 7.11. The highest BCUT2D eigenvalue weighted by Gasteiger charge is 2.28. The monoisotopic (exact) mass is 298 g/mol. The average molecular weight is 298 g/mol. The lowest BCUT2D eigenvalue weighted by atomic mass is 9.75. The van der Waals surface area contributed by atoms with Gasteiger partial charge in [-0.1, -0.05) is 13.8 Å². The molecule has 0 saturated heterocycles. The van der Waals surface area contributed by atoms with Gasteiger partial charge < -0.3 is 5.32 Å². The number of hydrogen-bond donors (Lipinski definition) is 1. The highest BCUT2D eigenvalue weighted by Crippen LogP contribution is 2.37. The summed E-state index contributed by atoms with van der Waals surface area (Å²) in [4.78, 5) is 10.0. The van der Waals surface area contributed by atoms with E-state index in [0.29, 0.717) is 11.1 Å². The van der Waals surface area contributed by atoms with Gasteiger partial charge in [-0.3, -0.25) is 10.1 Å². The molecule has 0 atom stereocenters. The molecule has 116 valence electrons. The molecule has 1 fully saturated rings. The van der Waals surface area contributed by atoms with E-state index in [1.807, 2.05) is 0 Å². The van der Waals surface area contributed by atoms with Crippen LogP contribution in [0.1, 0.15) is 51.5 Å². The maximum atomic E-state index is 13.1. The van der Waals surface area contributed by atoms with Crippen molar-refractivity contribution in [2.45, 2.75) is 52.0 Å². The number of halogens is 2. The molecule has 2 rings (SSSR count). The first kappa shape index (κ1) is 15.7. The van der Waals surface area contributed by atoms with Crippen molar-refractivity contribution in [3.63, 3.8) is 0 Å². The lowest BCUT2D eigenvalue weighted by Gasteiger charge is -2.35. The summed E-state index contributed by atoms with van der Waals surface area (Å²) >= 11 is 0. The van der Waals surface area contributed by atoms with Gasteiger partial charge in [-0.25, -0.2) is 8.78 Å². The summed E-state index contributed by atoms with van der Waals surface area (Å²) in [6.45, 7) is 4.42. The van der Waals surface area contributed by atoms with Crippen LogP contribution in [0, 0.1) is 15.5 Å². The molecule has 0 radical (unpaired) electrons. The van der Waals surface area contributed by atoms with Gasteiger partial charge in [0, 0.05) is 29.4 Å². The number of alkyl halides is 2. The molecule has 4 nitrogen and oxygen atoms in total. The van der Waals surface area contributed by atoms with Crippen molar-refractivity contribution in [3.05, 3.63) is 33.9 Å². The van der Waals surface area contributed by atoms with Crippen LogP contribution in [-0.2, 0) is 0 Å². The Hall–Kier alpha value is -1.72. The minimum Gasteiger partial charge on any atom is -0.382 e. The smallest absolute Gasteiger partial charge is 0.270 e. The van der Waals surface area contributed by atoms with Gasteiger partial charge in [0.05, 0.1) is 4.92 Å². The molecular weight excluding hydrogens is 278 g/mol. The molecule has 1 aliphatic carbocycles. The van der Waals surface area contributed by atoms with Crippen LogP contribution in [0.15, 0.2) is 18.2 Å². The molecule has 1 saturated carbocycles. The summed E-state index contributed by atoms with van der Waals surface area (Å²) in [7, 11) is 0. The Morgan fingerprint density at radius 2 is 1.95 bits per heavy atom. The van der Waals surface area contributed by atoms with E-state index in [1.54, 1.807) is 0 Å². The third-order valence-electron chi connectivity index (χ3n) is 4.18. The van der Waals surface area contributed by atoms with Gasteiger partial charge in [-0.2, -0.15) is 0 Å². The summed E-state index contributed by atoms with van der Waals surface area (Å²) in [6.07, 6.45) is 1.20. The number of nitro benzene ring substituents is 1. The standard InChI is InChI=1S/C15H20F2N2O2/c1-15(2)7-5-10(6-8-15)18-13-4-3-11(19(20)21)9-12(13)14(16)17/h3-4,9-10,14,18H,5-8H2,1-2H3. The summed E-state index contributed by atoms with van der Waals surface area (Å²) in [6, 6.07) is 3.76. The van der Waals surface area contributed by atoms with E-state index in [0.717, 1.165) is 31.7 Å². The third kappa shape index (κ3) is 3.89. The van der Waals surface area contributed by atoms with Crippen LogP contribution in [0.25, 0.3) is 0 Å². The van der Waals surface area contributed by atoms with Gasteiger partial charge in [0.1, 0.15) is 0 Å². The number of benzene rings is 1. The van der Waals surface area contributed by atoms with Crippen LogP contribution < -0.4 is 5.32 Å². The van der Waals surface area contributed by atoms with Crippen LogP contribution >= 0.6 is 0 Å². The van der Waals surface area contributed by atoms with E-state index in [2.05, 4.69) is 19.2 Å². The first-order chi connectivity index (χ1) is 9.78. The molecule has 6 heteroatoms. The lowest BCUT2D eigenvalue weighted by molar-refractivity contribution is -0.385. The number of anilines is 1. The number of rotatable bonds is 4. The van der Waals surface area contributed by atoms with E-state index in [-0.39, 0.29) is 17.3 Å². The van der Waals surface area contributed by atoms with Gasteiger partial charge in [-0.05, 0) is 37.2 Å². The van der Waals surface area contributed by atoms with E-state index in [4.69, 9.17) is 0 Å². The summed E-state index contributed by atoms with van der Waals surface area (Å²) < 4.78 is 26.2. The highest BCUT2D eigenvalue weighted by atomic mass is 19.3. The predicted octanol–water partition coefficient (Wildman–Crippen LogP) is 4.91.